The maximum Gasteiger partial charge on any atom is 0.280 e. The molecule has 2 saturated heterocycles. The van der Waals surface area contributed by atoms with Crippen LogP contribution in [-0.4, -0.2) is 39.0 Å². The van der Waals surface area contributed by atoms with Crippen molar-refractivity contribution in [2.24, 2.45) is 0 Å². The fourth-order valence-electron chi connectivity index (χ4n) is 4.89. The van der Waals surface area contributed by atoms with Gasteiger partial charge in [0.25, 0.3) is 6.43 Å². The molecule has 2 aliphatic heterocycles. The van der Waals surface area contributed by atoms with Crippen LogP contribution in [0, 0.1) is 0 Å². The van der Waals surface area contributed by atoms with Crippen LogP contribution >= 0.6 is 0 Å². The van der Waals surface area contributed by atoms with E-state index in [-0.39, 0.29) is 28.9 Å². The zero-order chi connectivity index (χ0) is 21.8. The molecule has 5 heterocycles. The van der Waals surface area contributed by atoms with Crippen molar-refractivity contribution in [1.82, 2.24) is 14.4 Å². The molecule has 0 spiro atoms. The summed E-state index contributed by atoms with van der Waals surface area (Å²) in [5.41, 5.74) is 1.89. The van der Waals surface area contributed by atoms with Crippen molar-refractivity contribution < 1.29 is 23.0 Å². The molecule has 0 N–H and O–H groups in total. The number of carbonyl (C=O) groups is 1. The van der Waals surface area contributed by atoms with Crippen LogP contribution in [-0.2, 0) is 16.6 Å². The third kappa shape index (κ3) is 3.39. The van der Waals surface area contributed by atoms with Crippen LogP contribution in [0.5, 0.6) is 5.75 Å². The van der Waals surface area contributed by atoms with Crippen molar-refractivity contribution in [2.75, 3.05) is 13.2 Å². The first-order valence-electron chi connectivity index (χ1n) is 10.4. The maximum absolute atomic E-state index is 12.9. The molecule has 0 radical (unpaired) electrons. The van der Waals surface area contributed by atoms with Crippen LogP contribution in [0.1, 0.15) is 60.6 Å². The highest BCUT2D eigenvalue weighted by molar-refractivity contribution is 5.95. The van der Waals surface area contributed by atoms with Gasteiger partial charge in [0.1, 0.15) is 11.4 Å². The number of ketones is 1. The Morgan fingerprint density at radius 2 is 2.10 bits per heavy atom. The lowest BCUT2D eigenvalue weighted by Crippen LogP contribution is -2.45. The van der Waals surface area contributed by atoms with E-state index in [4.69, 9.17) is 14.5 Å². The van der Waals surface area contributed by atoms with Crippen molar-refractivity contribution >= 4 is 11.4 Å². The molecule has 1 aliphatic carbocycles. The summed E-state index contributed by atoms with van der Waals surface area (Å²) in [6.07, 6.45) is 3.03. The second-order valence-corrected chi connectivity index (χ2v) is 8.72. The van der Waals surface area contributed by atoms with Gasteiger partial charge in [0, 0.05) is 24.2 Å². The van der Waals surface area contributed by atoms with Gasteiger partial charge in [-0.1, -0.05) is 6.07 Å². The third-order valence-corrected chi connectivity index (χ3v) is 6.18. The molecule has 31 heavy (non-hydrogen) atoms. The number of nitrogens with zero attached hydrogens (tertiary/aromatic N) is 3. The van der Waals surface area contributed by atoms with Gasteiger partial charge in [-0.05, 0) is 50.5 Å². The topological polar surface area (TPSA) is 65.7 Å². The molecule has 3 fully saturated rings. The molecular formula is C23H23F2N3O3. The summed E-state index contributed by atoms with van der Waals surface area (Å²) in [5, 5.41) is 0. The lowest BCUT2D eigenvalue weighted by Gasteiger charge is -2.41. The second kappa shape index (κ2) is 7.09. The highest BCUT2D eigenvalue weighted by atomic mass is 19.3. The molecule has 8 heteroatoms. The smallest absolute Gasteiger partial charge is 0.280 e. The summed E-state index contributed by atoms with van der Waals surface area (Å²) in [4.78, 5) is 21.4. The molecule has 162 valence electrons. The van der Waals surface area contributed by atoms with Crippen LogP contribution in [0.25, 0.3) is 5.65 Å². The maximum atomic E-state index is 12.9. The van der Waals surface area contributed by atoms with E-state index in [0.717, 1.165) is 18.5 Å². The lowest BCUT2D eigenvalue weighted by molar-refractivity contribution is 0.0154. The number of fused-ring (bicyclic) bond motifs is 2. The average Bonchev–Trinajstić information content (AvgIpc) is 3.39. The predicted octanol–water partition coefficient (Wildman–Crippen LogP) is 4.31. The molecular weight excluding hydrogens is 404 g/mol. The minimum atomic E-state index is -2.72. The fraction of sp³-hybridized carbons (Fsp3) is 0.435. The molecule has 0 unspecified atom stereocenters. The number of alkyl halides is 2. The van der Waals surface area contributed by atoms with Crippen molar-refractivity contribution in [3.8, 4) is 5.75 Å². The summed E-state index contributed by atoms with van der Waals surface area (Å²) in [7, 11) is 0. The monoisotopic (exact) mass is 427 g/mol. The van der Waals surface area contributed by atoms with Gasteiger partial charge in [0.15, 0.2) is 17.2 Å². The quantitative estimate of drug-likeness (QED) is 0.526. The molecule has 0 aromatic carbocycles. The second-order valence-electron chi connectivity index (χ2n) is 8.72. The van der Waals surface area contributed by atoms with Crippen LogP contribution in [0.4, 0.5) is 8.78 Å². The summed E-state index contributed by atoms with van der Waals surface area (Å²) in [6.45, 7) is 5.13. The van der Waals surface area contributed by atoms with E-state index in [0.29, 0.717) is 30.2 Å². The highest BCUT2D eigenvalue weighted by Gasteiger charge is 2.61. The van der Waals surface area contributed by atoms with Gasteiger partial charge in [-0.3, -0.25) is 4.79 Å². The number of hydrogen-bond acceptors (Lipinski definition) is 5. The first-order valence-corrected chi connectivity index (χ1v) is 10.4. The van der Waals surface area contributed by atoms with E-state index in [1.807, 2.05) is 23.7 Å². The van der Waals surface area contributed by atoms with Gasteiger partial charge in [0.2, 0.25) is 0 Å². The number of imidazole rings is 1. The zero-order valence-electron chi connectivity index (χ0n) is 17.4. The highest BCUT2D eigenvalue weighted by Crippen LogP contribution is 2.58. The van der Waals surface area contributed by atoms with Gasteiger partial charge in [-0.2, -0.15) is 0 Å². The average molecular weight is 427 g/mol. The standard InChI is InChI=1S/C23H23F2N3O3/c1-3-30-18-8-14(7-17(29)15-5-4-6-16(26-15)20(24)25)9-28-10-19(27-21(18)28)23-11-22(2,12-23)31-13-23/h4-6,8-10,20H,3,7,11-13H2,1-2H3. The SMILES string of the molecule is CCOc1cc(CC(=O)c2cccc(C(F)F)n2)cn2cc(C34COC(C)(C3)C4)nc12. The molecule has 0 atom stereocenters. The van der Waals surface area contributed by atoms with Gasteiger partial charge in [-0.15, -0.1) is 0 Å². The van der Waals surface area contributed by atoms with Crippen molar-refractivity contribution in [3.05, 3.63) is 59.3 Å². The molecule has 3 aromatic heterocycles. The first-order chi connectivity index (χ1) is 14.8. The van der Waals surface area contributed by atoms with Gasteiger partial charge < -0.3 is 13.9 Å². The fourth-order valence-corrected chi connectivity index (χ4v) is 4.89. The Kier molecular flexibility index (Phi) is 4.58. The van der Waals surface area contributed by atoms with Crippen molar-refractivity contribution in [1.29, 1.82) is 0 Å². The van der Waals surface area contributed by atoms with E-state index in [2.05, 4.69) is 11.9 Å². The molecule has 3 aliphatic rings. The largest absolute Gasteiger partial charge is 0.490 e. The Morgan fingerprint density at radius 3 is 2.77 bits per heavy atom. The molecule has 2 bridgehead atoms. The first kappa shape index (κ1) is 20.1. The summed E-state index contributed by atoms with van der Waals surface area (Å²) < 4.78 is 39.5. The van der Waals surface area contributed by atoms with Crippen LogP contribution in [0.3, 0.4) is 0 Å². The van der Waals surface area contributed by atoms with E-state index < -0.39 is 12.1 Å². The van der Waals surface area contributed by atoms with Crippen molar-refractivity contribution in [3.63, 3.8) is 0 Å². The number of halogens is 2. The normalized spacial score (nSPS) is 24.5. The number of ether oxygens (including phenoxy) is 2. The molecule has 3 aromatic rings. The Morgan fingerprint density at radius 1 is 1.29 bits per heavy atom. The van der Waals surface area contributed by atoms with E-state index in [9.17, 15) is 13.6 Å². The summed E-state index contributed by atoms with van der Waals surface area (Å²) >= 11 is 0. The van der Waals surface area contributed by atoms with Crippen LogP contribution < -0.4 is 4.74 Å². The van der Waals surface area contributed by atoms with Crippen LogP contribution in [0.15, 0.2) is 36.7 Å². The summed E-state index contributed by atoms with van der Waals surface area (Å²) in [6, 6.07) is 5.88. The van der Waals surface area contributed by atoms with Crippen LogP contribution in [0.2, 0.25) is 0 Å². The lowest BCUT2D eigenvalue weighted by atomic mass is 9.62. The molecule has 6 nitrogen and oxygen atoms in total. The Balaban J connectivity index is 1.46. The molecule has 1 saturated carbocycles. The number of rotatable bonds is 7. The third-order valence-electron chi connectivity index (χ3n) is 6.18. The van der Waals surface area contributed by atoms with E-state index in [1.165, 1.54) is 18.2 Å². The number of Topliss-reactive ketones (excluding diaryl/α,β-unsaturated/α-hetero) is 1. The van der Waals surface area contributed by atoms with Gasteiger partial charge in [-0.25, -0.2) is 18.7 Å². The van der Waals surface area contributed by atoms with Crippen molar-refractivity contribution in [2.45, 2.75) is 50.6 Å². The minimum Gasteiger partial charge on any atom is -0.490 e. The zero-order valence-corrected chi connectivity index (χ0v) is 17.4. The predicted molar refractivity (Wildman–Crippen MR) is 109 cm³/mol. The number of hydrogen-bond donors (Lipinski definition) is 0. The molecule has 0 amide bonds. The summed E-state index contributed by atoms with van der Waals surface area (Å²) in [5.74, 6) is 0.257. The Hall–Kier alpha value is -2.87. The Bertz CT molecular complexity index is 1170. The number of carbonyl (C=O) groups excluding carboxylic acids is 1. The van der Waals surface area contributed by atoms with Gasteiger partial charge in [0.05, 0.1) is 24.5 Å². The molecule has 6 rings (SSSR count). The van der Waals surface area contributed by atoms with E-state index in [1.54, 1.807) is 6.07 Å². The minimum absolute atomic E-state index is 0.0234. The number of aromatic nitrogens is 3. The Labute approximate surface area is 178 Å². The van der Waals surface area contributed by atoms with E-state index >= 15 is 0 Å². The van der Waals surface area contributed by atoms with Gasteiger partial charge >= 0.3 is 0 Å². The number of pyridine rings is 2.